The minimum absolute atomic E-state index is 0.0346. The van der Waals surface area contributed by atoms with Crippen LogP contribution in [0.25, 0.3) is 55.3 Å². The number of para-hydroxylation sites is 1. The molecule has 1 nitrogen and oxygen atoms in total. The van der Waals surface area contributed by atoms with Gasteiger partial charge < -0.3 is 4.90 Å². The molecule has 1 spiro atoms. The molecule has 1 heterocycles. The van der Waals surface area contributed by atoms with Crippen LogP contribution < -0.4 is 4.90 Å². The van der Waals surface area contributed by atoms with Gasteiger partial charge in [-0.1, -0.05) is 165 Å². The quantitative estimate of drug-likeness (QED) is 0.176. The summed E-state index contributed by atoms with van der Waals surface area (Å²) in [5, 5.41) is 2.60. The molecule has 2 atom stereocenters. The summed E-state index contributed by atoms with van der Waals surface area (Å²) in [6.07, 6.45) is 4.97. The number of nitrogens with zero attached hydrogens (tertiary/aromatic N) is 1. The van der Waals surface area contributed by atoms with Gasteiger partial charge in [0.05, 0.1) is 11.0 Å². The molecule has 0 radical (unpaired) electrons. The zero-order valence-electron chi connectivity index (χ0n) is 32.0. The van der Waals surface area contributed by atoms with Gasteiger partial charge in [-0.3, -0.25) is 0 Å². The van der Waals surface area contributed by atoms with Crippen molar-refractivity contribution in [3.63, 3.8) is 0 Å². The number of hydrogen-bond acceptors (Lipinski definition) is 1. The molecule has 0 aromatic heterocycles. The van der Waals surface area contributed by atoms with Gasteiger partial charge in [0.1, 0.15) is 0 Å². The third-order valence-electron chi connectivity index (χ3n) is 14.7. The van der Waals surface area contributed by atoms with Gasteiger partial charge in [0.2, 0.25) is 0 Å². The lowest BCUT2D eigenvalue weighted by Crippen LogP contribution is -2.54. The van der Waals surface area contributed by atoms with E-state index in [4.69, 9.17) is 0 Å². The molecule has 56 heavy (non-hydrogen) atoms. The van der Waals surface area contributed by atoms with Gasteiger partial charge in [-0.25, -0.2) is 0 Å². The summed E-state index contributed by atoms with van der Waals surface area (Å²) in [5.74, 6) is 0. The molecule has 3 aliphatic carbocycles. The summed E-state index contributed by atoms with van der Waals surface area (Å²) in [6, 6.07) is 66.8. The standard InChI is InChI=1S/C55H43N/c1-53-32-12-13-33-54(53,2)56(38-16-4-3-5-17-38)52-31-29-37(35-51(52)53)40-22-15-23-41-39(21-14-24-42(40)41)36-28-30-50-46(34-36)45-20-8-11-27-49(45)55(50)47-25-9-6-18-43(47)44-19-7-10-26-48(44)55/h3-11,14-31,34-35H,12-13,32-33H2,1-2H3. The number of hydrogen-bond donors (Lipinski definition) is 0. The highest BCUT2D eigenvalue weighted by atomic mass is 15.3. The van der Waals surface area contributed by atoms with Crippen LogP contribution in [-0.4, -0.2) is 5.54 Å². The van der Waals surface area contributed by atoms with E-state index in [0.29, 0.717) is 0 Å². The van der Waals surface area contributed by atoms with Gasteiger partial charge in [-0.05, 0) is 133 Å². The van der Waals surface area contributed by atoms with Crippen LogP contribution >= 0.6 is 0 Å². The van der Waals surface area contributed by atoms with E-state index in [1.807, 2.05) is 0 Å². The zero-order chi connectivity index (χ0) is 37.2. The van der Waals surface area contributed by atoms with Gasteiger partial charge in [-0.15, -0.1) is 0 Å². The second kappa shape index (κ2) is 11.4. The van der Waals surface area contributed by atoms with Gasteiger partial charge in [0, 0.05) is 16.8 Å². The van der Waals surface area contributed by atoms with Crippen LogP contribution in [0.3, 0.4) is 0 Å². The summed E-state index contributed by atoms with van der Waals surface area (Å²) >= 11 is 0. The molecular formula is C55H43N. The Balaban J connectivity index is 1.01. The molecule has 8 aromatic carbocycles. The molecule has 268 valence electrons. The molecule has 2 unspecified atom stereocenters. The number of rotatable bonds is 3. The molecule has 0 saturated heterocycles. The van der Waals surface area contributed by atoms with Crippen molar-refractivity contribution < 1.29 is 0 Å². The smallest absolute Gasteiger partial charge is 0.0725 e. The fraction of sp³-hybridized carbons (Fsp3) is 0.164. The Morgan fingerprint density at radius 1 is 0.393 bits per heavy atom. The van der Waals surface area contributed by atoms with Gasteiger partial charge >= 0.3 is 0 Å². The van der Waals surface area contributed by atoms with Crippen LogP contribution in [0, 0.1) is 0 Å². The molecule has 1 saturated carbocycles. The minimum atomic E-state index is -0.321. The first-order valence-electron chi connectivity index (χ1n) is 20.5. The lowest BCUT2D eigenvalue weighted by molar-refractivity contribution is 0.195. The van der Waals surface area contributed by atoms with Crippen LogP contribution in [0.5, 0.6) is 0 Å². The second-order valence-electron chi connectivity index (χ2n) is 17.1. The Bertz CT molecular complexity index is 2870. The van der Waals surface area contributed by atoms with Crippen molar-refractivity contribution in [1.29, 1.82) is 0 Å². The monoisotopic (exact) mass is 717 g/mol. The van der Waals surface area contributed by atoms with E-state index in [1.165, 1.54) is 120 Å². The van der Waals surface area contributed by atoms with Crippen LogP contribution in [0.4, 0.5) is 11.4 Å². The van der Waals surface area contributed by atoms with Crippen LogP contribution in [0.1, 0.15) is 67.3 Å². The highest BCUT2D eigenvalue weighted by Gasteiger charge is 2.57. The van der Waals surface area contributed by atoms with E-state index in [0.717, 1.165) is 0 Å². The molecule has 1 fully saturated rings. The number of benzene rings is 8. The Hall–Kier alpha value is -6.18. The Kier molecular flexibility index (Phi) is 6.55. The van der Waals surface area contributed by atoms with Crippen LogP contribution in [0.15, 0.2) is 176 Å². The van der Waals surface area contributed by atoms with Crippen molar-refractivity contribution in [2.45, 2.75) is 55.9 Å². The van der Waals surface area contributed by atoms with E-state index < -0.39 is 0 Å². The molecule has 8 aromatic rings. The highest BCUT2D eigenvalue weighted by Crippen LogP contribution is 2.64. The van der Waals surface area contributed by atoms with Crippen LogP contribution in [0.2, 0.25) is 0 Å². The van der Waals surface area contributed by atoms with Crippen molar-refractivity contribution >= 4 is 22.1 Å². The van der Waals surface area contributed by atoms with Crippen LogP contribution in [-0.2, 0) is 10.8 Å². The summed E-state index contributed by atoms with van der Waals surface area (Å²) in [5.41, 5.74) is 20.0. The van der Waals surface area contributed by atoms with E-state index >= 15 is 0 Å². The first-order valence-corrected chi connectivity index (χ1v) is 20.5. The van der Waals surface area contributed by atoms with E-state index in [2.05, 4.69) is 195 Å². The second-order valence-corrected chi connectivity index (χ2v) is 17.1. The third kappa shape index (κ3) is 3.95. The van der Waals surface area contributed by atoms with Crippen molar-refractivity contribution in [3.05, 3.63) is 204 Å². The average Bonchev–Trinajstić information content (AvgIpc) is 3.80. The third-order valence-corrected chi connectivity index (χ3v) is 14.7. The highest BCUT2D eigenvalue weighted by molar-refractivity contribution is 6.06. The maximum atomic E-state index is 2.67. The average molecular weight is 718 g/mol. The fourth-order valence-electron chi connectivity index (χ4n) is 12.0. The van der Waals surface area contributed by atoms with E-state index in [-0.39, 0.29) is 16.4 Å². The normalized spacial score (nSPS) is 20.6. The predicted octanol–water partition coefficient (Wildman–Crippen LogP) is 14.3. The molecule has 0 bridgehead atoms. The largest absolute Gasteiger partial charge is 0.334 e. The molecule has 0 amide bonds. The number of anilines is 2. The minimum Gasteiger partial charge on any atom is -0.334 e. The Labute approximate surface area is 329 Å². The van der Waals surface area contributed by atoms with Crippen molar-refractivity contribution in [3.8, 4) is 44.5 Å². The predicted molar refractivity (Wildman–Crippen MR) is 234 cm³/mol. The van der Waals surface area contributed by atoms with Crippen molar-refractivity contribution in [2.24, 2.45) is 0 Å². The van der Waals surface area contributed by atoms with E-state index in [9.17, 15) is 0 Å². The van der Waals surface area contributed by atoms with Crippen molar-refractivity contribution in [2.75, 3.05) is 4.90 Å². The maximum absolute atomic E-state index is 2.67. The fourth-order valence-corrected chi connectivity index (χ4v) is 12.0. The van der Waals surface area contributed by atoms with Crippen molar-refractivity contribution in [1.82, 2.24) is 0 Å². The van der Waals surface area contributed by atoms with Gasteiger partial charge in [-0.2, -0.15) is 0 Å². The lowest BCUT2D eigenvalue weighted by atomic mass is 9.61. The molecule has 4 aliphatic rings. The maximum Gasteiger partial charge on any atom is 0.0725 e. The topological polar surface area (TPSA) is 3.24 Å². The van der Waals surface area contributed by atoms with Gasteiger partial charge in [0.15, 0.2) is 0 Å². The Morgan fingerprint density at radius 2 is 0.893 bits per heavy atom. The first-order chi connectivity index (χ1) is 27.5. The lowest BCUT2D eigenvalue weighted by Gasteiger charge is -2.50. The molecular weight excluding hydrogens is 675 g/mol. The molecule has 12 rings (SSSR count). The van der Waals surface area contributed by atoms with Gasteiger partial charge in [0.25, 0.3) is 0 Å². The zero-order valence-corrected chi connectivity index (χ0v) is 32.0. The SMILES string of the molecule is CC12CCCCC1(C)N(c1ccccc1)c1ccc(-c3cccc4c(-c5ccc6c(c5)-c5ccccc5C65c6ccccc6-c6ccccc65)cccc34)cc12. The molecule has 1 aliphatic heterocycles. The molecule has 0 N–H and O–H groups in total. The summed E-state index contributed by atoms with van der Waals surface area (Å²) in [7, 11) is 0. The van der Waals surface area contributed by atoms with E-state index in [1.54, 1.807) is 0 Å². The number of fused-ring (bicyclic) bond motifs is 14. The Morgan fingerprint density at radius 3 is 1.54 bits per heavy atom. The first kappa shape index (κ1) is 32.1. The summed E-state index contributed by atoms with van der Waals surface area (Å²) in [6.45, 7) is 5.06. The molecule has 1 heteroatoms. The summed E-state index contributed by atoms with van der Waals surface area (Å²) < 4.78 is 0. The summed E-state index contributed by atoms with van der Waals surface area (Å²) in [4.78, 5) is 2.67.